The van der Waals surface area contributed by atoms with E-state index in [1.165, 1.54) is 0 Å². The Balaban J connectivity index is 3.17. The standard InChI is InChI=1S/C10H8Cl3N3/c1-6-2-7(5-15-16-14)4-8(3-6)9(11)10(12)13/h2-4H,5H2,1H3. The van der Waals surface area contributed by atoms with Crippen LogP contribution in [0.4, 0.5) is 0 Å². The van der Waals surface area contributed by atoms with Crippen LogP contribution in [-0.2, 0) is 6.54 Å². The normalized spacial score (nSPS) is 9.50. The number of hydrogen-bond donors (Lipinski definition) is 0. The third-order valence-electron chi connectivity index (χ3n) is 1.87. The van der Waals surface area contributed by atoms with Crippen LogP contribution in [0.2, 0.25) is 0 Å². The summed E-state index contributed by atoms with van der Waals surface area (Å²) < 4.78 is 0.0157. The molecule has 0 spiro atoms. The van der Waals surface area contributed by atoms with Crippen LogP contribution < -0.4 is 0 Å². The fraction of sp³-hybridized carbons (Fsp3) is 0.200. The highest BCUT2D eigenvalue weighted by Gasteiger charge is 2.05. The van der Waals surface area contributed by atoms with Crippen LogP contribution in [0.1, 0.15) is 16.7 Å². The molecule has 0 N–H and O–H groups in total. The van der Waals surface area contributed by atoms with Crippen molar-refractivity contribution in [3.8, 4) is 0 Å². The summed E-state index contributed by atoms with van der Waals surface area (Å²) in [6.45, 7) is 2.19. The molecule has 1 rings (SSSR count). The highest BCUT2D eigenvalue weighted by Crippen LogP contribution is 2.29. The minimum atomic E-state index is 0.0157. The van der Waals surface area contributed by atoms with E-state index < -0.39 is 0 Å². The van der Waals surface area contributed by atoms with E-state index in [0.29, 0.717) is 5.56 Å². The first-order valence-electron chi connectivity index (χ1n) is 4.37. The molecule has 0 unspecified atom stereocenters. The maximum absolute atomic E-state index is 8.24. The van der Waals surface area contributed by atoms with Gasteiger partial charge in [0.05, 0.1) is 11.6 Å². The second kappa shape index (κ2) is 6.02. The van der Waals surface area contributed by atoms with Gasteiger partial charge in [-0.15, -0.1) is 0 Å². The van der Waals surface area contributed by atoms with Crippen molar-refractivity contribution in [2.24, 2.45) is 5.11 Å². The number of halogens is 3. The fourth-order valence-corrected chi connectivity index (χ4v) is 1.63. The molecule has 0 aliphatic rings. The van der Waals surface area contributed by atoms with E-state index in [1.54, 1.807) is 6.07 Å². The molecular formula is C10H8Cl3N3. The van der Waals surface area contributed by atoms with Gasteiger partial charge in [0.1, 0.15) is 4.49 Å². The minimum absolute atomic E-state index is 0.0157. The average molecular weight is 277 g/mol. The van der Waals surface area contributed by atoms with Gasteiger partial charge in [0.2, 0.25) is 0 Å². The van der Waals surface area contributed by atoms with Gasteiger partial charge < -0.3 is 0 Å². The Hall–Kier alpha value is -0.860. The smallest absolute Gasteiger partial charge is 0.0893 e. The van der Waals surface area contributed by atoms with Crippen LogP contribution in [-0.4, -0.2) is 0 Å². The van der Waals surface area contributed by atoms with Crippen molar-refractivity contribution in [3.05, 3.63) is 49.8 Å². The predicted octanol–water partition coefficient (Wildman–Crippen LogP) is 5.15. The maximum Gasteiger partial charge on any atom is 0.126 e. The third-order valence-corrected chi connectivity index (χ3v) is 2.85. The van der Waals surface area contributed by atoms with E-state index in [1.807, 2.05) is 19.1 Å². The summed E-state index contributed by atoms with van der Waals surface area (Å²) in [6, 6.07) is 5.55. The Morgan fingerprint density at radius 3 is 2.56 bits per heavy atom. The zero-order valence-corrected chi connectivity index (χ0v) is 10.7. The molecule has 0 aliphatic carbocycles. The monoisotopic (exact) mass is 275 g/mol. The van der Waals surface area contributed by atoms with Gasteiger partial charge in [-0.05, 0) is 23.6 Å². The first-order chi connectivity index (χ1) is 7.54. The molecular weight excluding hydrogens is 268 g/mol. The summed E-state index contributed by atoms with van der Waals surface area (Å²) in [5.41, 5.74) is 10.8. The van der Waals surface area contributed by atoms with E-state index in [4.69, 9.17) is 40.3 Å². The summed E-state index contributed by atoms with van der Waals surface area (Å²) in [7, 11) is 0. The molecule has 16 heavy (non-hydrogen) atoms. The number of nitrogens with zero attached hydrogens (tertiary/aromatic N) is 3. The zero-order valence-electron chi connectivity index (χ0n) is 8.41. The summed E-state index contributed by atoms with van der Waals surface area (Å²) >= 11 is 17.1. The van der Waals surface area contributed by atoms with E-state index in [2.05, 4.69) is 10.0 Å². The molecule has 0 fully saturated rings. The van der Waals surface area contributed by atoms with Gasteiger partial charge in [-0.3, -0.25) is 0 Å². The molecule has 84 valence electrons. The van der Waals surface area contributed by atoms with Crippen LogP contribution in [0.15, 0.2) is 27.8 Å². The summed E-state index contributed by atoms with van der Waals surface area (Å²) in [4.78, 5) is 2.70. The average Bonchev–Trinajstić information content (AvgIpc) is 2.24. The topological polar surface area (TPSA) is 48.8 Å². The molecule has 0 saturated carbocycles. The van der Waals surface area contributed by atoms with Crippen LogP contribution in [0.3, 0.4) is 0 Å². The van der Waals surface area contributed by atoms with Gasteiger partial charge >= 0.3 is 0 Å². The molecule has 1 aromatic carbocycles. The Morgan fingerprint density at radius 2 is 2.00 bits per heavy atom. The summed E-state index contributed by atoms with van der Waals surface area (Å²) in [5, 5.41) is 3.77. The first-order valence-corrected chi connectivity index (χ1v) is 5.50. The number of hydrogen-bond acceptors (Lipinski definition) is 1. The van der Waals surface area contributed by atoms with Crippen molar-refractivity contribution in [1.29, 1.82) is 0 Å². The van der Waals surface area contributed by atoms with Crippen LogP contribution in [0, 0.1) is 6.92 Å². The second-order valence-corrected chi connectivity index (χ2v) is 4.50. The highest BCUT2D eigenvalue weighted by molar-refractivity contribution is 6.66. The molecule has 0 bridgehead atoms. The van der Waals surface area contributed by atoms with Gasteiger partial charge in [0.25, 0.3) is 0 Å². The number of benzene rings is 1. The van der Waals surface area contributed by atoms with Gasteiger partial charge in [0.15, 0.2) is 0 Å². The fourth-order valence-electron chi connectivity index (χ4n) is 1.30. The molecule has 0 radical (unpaired) electrons. The Kier molecular flexibility index (Phi) is 4.97. The Bertz CT molecular complexity index is 472. The lowest BCUT2D eigenvalue weighted by molar-refractivity contribution is 1.04. The van der Waals surface area contributed by atoms with Crippen molar-refractivity contribution in [2.75, 3.05) is 0 Å². The molecule has 0 aliphatic heterocycles. The van der Waals surface area contributed by atoms with Crippen LogP contribution in [0.5, 0.6) is 0 Å². The van der Waals surface area contributed by atoms with E-state index in [-0.39, 0.29) is 16.1 Å². The third kappa shape index (κ3) is 3.62. The molecule has 0 heterocycles. The van der Waals surface area contributed by atoms with Gasteiger partial charge in [0, 0.05) is 4.91 Å². The summed E-state index contributed by atoms with van der Waals surface area (Å²) in [5.74, 6) is 0. The lowest BCUT2D eigenvalue weighted by atomic mass is 10.1. The lowest BCUT2D eigenvalue weighted by Gasteiger charge is -2.05. The molecule has 0 saturated heterocycles. The van der Waals surface area contributed by atoms with Gasteiger partial charge in [-0.25, -0.2) is 0 Å². The van der Waals surface area contributed by atoms with Crippen molar-refractivity contribution >= 4 is 39.8 Å². The van der Waals surface area contributed by atoms with Crippen molar-refractivity contribution in [1.82, 2.24) is 0 Å². The molecule has 0 amide bonds. The van der Waals surface area contributed by atoms with Gasteiger partial charge in [-0.1, -0.05) is 63.7 Å². The molecule has 3 nitrogen and oxygen atoms in total. The largest absolute Gasteiger partial charge is 0.126 e. The van der Waals surface area contributed by atoms with Crippen molar-refractivity contribution in [2.45, 2.75) is 13.5 Å². The van der Waals surface area contributed by atoms with Crippen LogP contribution in [0.25, 0.3) is 15.5 Å². The number of rotatable bonds is 3. The minimum Gasteiger partial charge on any atom is -0.0893 e. The first kappa shape index (κ1) is 13.2. The second-order valence-electron chi connectivity index (χ2n) is 3.17. The van der Waals surface area contributed by atoms with Crippen molar-refractivity contribution in [3.63, 3.8) is 0 Å². The molecule has 0 atom stereocenters. The lowest BCUT2D eigenvalue weighted by Crippen LogP contribution is -1.87. The van der Waals surface area contributed by atoms with Gasteiger partial charge in [-0.2, -0.15) is 0 Å². The van der Waals surface area contributed by atoms with Crippen LogP contribution >= 0.6 is 34.8 Å². The Labute approximate surface area is 108 Å². The number of aryl methyl sites for hydroxylation is 1. The van der Waals surface area contributed by atoms with E-state index in [0.717, 1.165) is 11.1 Å². The van der Waals surface area contributed by atoms with E-state index >= 15 is 0 Å². The number of azide groups is 1. The SMILES string of the molecule is Cc1cc(CN=[N+]=[N-])cc(C(Cl)=C(Cl)Cl)c1. The predicted molar refractivity (Wildman–Crippen MR) is 68.5 cm³/mol. The van der Waals surface area contributed by atoms with E-state index in [9.17, 15) is 0 Å². The summed E-state index contributed by atoms with van der Waals surface area (Å²) in [6.07, 6.45) is 0. The quantitative estimate of drug-likeness (QED) is 0.416. The molecule has 0 aromatic heterocycles. The molecule has 1 aromatic rings. The molecule has 6 heteroatoms. The Morgan fingerprint density at radius 1 is 1.31 bits per heavy atom. The highest BCUT2D eigenvalue weighted by atomic mass is 35.5. The van der Waals surface area contributed by atoms with Crippen molar-refractivity contribution < 1.29 is 0 Å². The zero-order chi connectivity index (χ0) is 12.1. The maximum atomic E-state index is 8.24.